The van der Waals surface area contributed by atoms with Crippen LogP contribution in [-0.2, 0) is 6.42 Å². The summed E-state index contributed by atoms with van der Waals surface area (Å²) >= 11 is 0. The van der Waals surface area contributed by atoms with Gasteiger partial charge in [0.2, 0.25) is 0 Å². The fraction of sp³-hybridized carbons (Fsp3) is 0.368. The van der Waals surface area contributed by atoms with Crippen molar-refractivity contribution in [2.45, 2.75) is 32.2 Å². The summed E-state index contributed by atoms with van der Waals surface area (Å²) in [5.74, 6) is 0.926. The van der Waals surface area contributed by atoms with Crippen molar-refractivity contribution in [2.75, 3.05) is 14.2 Å². The molecule has 0 amide bonds. The maximum Gasteiger partial charge on any atom is 0.119 e. The number of hydrogen-bond acceptors (Lipinski definition) is 2. The Morgan fingerprint density at radius 2 is 1.86 bits per heavy atom. The summed E-state index contributed by atoms with van der Waals surface area (Å²) < 4.78 is 5.28. The zero-order valence-electron chi connectivity index (χ0n) is 13.2. The largest absolute Gasteiger partial charge is 0.497 e. The Morgan fingerprint density at radius 1 is 1.10 bits per heavy atom. The second kappa shape index (κ2) is 7.84. The molecule has 0 heterocycles. The van der Waals surface area contributed by atoms with Crippen molar-refractivity contribution in [1.29, 1.82) is 0 Å². The normalized spacial score (nSPS) is 12.1. The zero-order chi connectivity index (χ0) is 15.1. The molecule has 2 rings (SSSR count). The number of rotatable bonds is 7. The van der Waals surface area contributed by atoms with Crippen LogP contribution in [0.1, 0.15) is 35.6 Å². The van der Waals surface area contributed by atoms with Crippen molar-refractivity contribution < 1.29 is 4.74 Å². The molecule has 2 aromatic carbocycles. The van der Waals surface area contributed by atoms with E-state index in [-0.39, 0.29) is 0 Å². The molecule has 2 heteroatoms. The van der Waals surface area contributed by atoms with E-state index in [1.807, 2.05) is 13.1 Å². The second-order valence-electron chi connectivity index (χ2n) is 5.44. The molecule has 2 aromatic rings. The van der Waals surface area contributed by atoms with Gasteiger partial charge in [0, 0.05) is 6.04 Å². The Morgan fingerprint density at radius 3 is 2.48 bits per heavy atom. The highest BCUT2D eigenvalue weighted by Gasteiger charge is 2.12. The number of nitrogens with one attached hydrogen (secondary N) is 1. The summed E-state index contributed by atoms with van der Waals surface area (Å²) in [7, 11) is 3.75. The molecule has 21 heavy (non-hydrogen) atoms. The van der Waals surface area contributed by atoms with Crippen LogP contribution >= 0.6 is 0 Å². The van der Waals surface area contributed by atoms with E-state index in [1.165, 1.54) is 23.1 Å². The smallest absolute Gasteiger partial charge is 0.119 e. The van der Waals surface area contributed by atoms with Crippen LogP contribution in [0.4, 0.5) is 0 Å². The Hall–Kier alpha value is -1.80. The van der Waals surface area contributed by atoms with Gasteiger partial charge in [-0.1, -0.05) is 36.4 Å². The van der Waals surface area contributed by atoms with E-state index in [0.29, 0.717) is 6.04 Å². The van der Waals surface area contributed by atoms with Gasteiger partial charge in [-0.25, -0.2) is 0 Å². The Labute approximate surface area is 128 Å². The molecular weight excluding hydrogens is 258 g/mol. The fourth-order valence-electron chi connectivity index (χ4n) is 2.78. The molecule has 0 aromatic heterocycles. The third-order valence-electron chi connectivity index (χ3n) is 4.00. The summed E-state index contributed by atoms with van der Waals surface area (Å²) in [5.41, 5.74) is 4.07. The Kier molecular flexibility index (Phi) is 5.82. The Balaban J connectivity index is 1.96. The number of aryl methyl sites for hydroxylation is 2. The van der Waals surface area contributed by atoms with Crippen molar-refractivity contribution in [3.8, 4) is 5.75 Å². The summed E-state index contributed by atoms with van der Waals surface area (Å²) in [6.07, 6.45) is 3.45. The highest BCUT2D eigenvalue weighted by molar-refractivity contribution is 5.36. The van der Waals surface area contributed by atoms with Crippen LogP contribution < -0.4 is 10.1 Å². The standard InChI is InChI=1S/C19H25NO/c1-15-14-17(21-3)12-13-18(15)19(20-2)11-7-10-16-8-5-4-6-9-16/h4-6,8-9,12-14,19-20H,7,10-11H2,1-3H3. The predicted molar refractivity (Wildman–Crippen MR) is 88.9 cm³/mol. The average Bonchev–Trinajstić information content (AvgIpc) is 2.53. The topological polar surface area (TPSA) is 21.3 Å². The van der Waals surface area contributed by atoms with Crippen molar-refractivity contribution in [3.05, 3.63) is 65.2 Å². The number of ether oxygens (including phenoxy) is 1. The maximum atomic E-state index is 5.28. The first-order valence-electron chi connectivity index (χ1n) is 7.60. The van der Waals surface area contributed by atoms with Gasteiger partial charge in [-0.05, 0) is 62.1 Å². The van der Waals surface area contributed by atoms with E-state index in [2.05, 4.69) is 54.7 Å². The van der Waals surface area contributed by atoms with Crippen LogP contribution in [0.25, 0.3) is 0 Å². The van der Waals surface area contributed by atoms with Gasteiger partial charge in [-0.2, -0.15) is 0 Å². The van der Waals surface area contributed by atoms with Crippen molar-refractivity contribution in [1.82, 2.24) is 5.32 Å². The van der Waals surface area contributed by atoms with Gasteiger partial charge in [-0.15, -0.1) is 0 Å². The highest BCUT2D eigenvalue weighted by Crippen LogP contribution is 2.25. The zero-order valence-corrected chi connectivity index (χ0v) is 13.2. The van der Waals surface area contributed by atoms with Gasteiger partial charge in [0.1, 0.15) is 5.75 Å². The molecule has 1 N–H and O–H groups in total. The van der Waals surface area contributed by atoms with Gasteiger partial charge >= 0.3 is 0 Å². The number of benzene rings is 2. The molecule has 1 unspecified atom stereocenters. The van der Waals surface area contributed by atoms with Crippen molar-refractivity contribution >= 4 is 0 Å². The average molecular weight is 283 g/mol. The lowest BCUT2D eigenvalue weighted by Crippen LogP contribution is -2.17. The van der Waals surface area contributed by atoms with E-state index in [1.54, 1.807) is 7.11 Å². The minimum absolute atomic E-state index is 0.402. The van der Waals surface area contributed by atoms with Crippen molar-refractivity contribution in [2.24, 2.45) is 0 Å². The van der Waals surface area contributed by atoms with E-state index >= 15 is 0 Å². The first-order valence-corrected chi connectivity index (χ1v) is 7.60. The minimum atomic E-state index is 0.402. The number of hydrogen-bond donors (Lipinski definition) is 1. The maximum absolute atomic E-state index is 5.28. The molecule has 0 aliphatic heterocycles. The van der Waals surface area contributed by atoms with E-state index in [0.717, 1.165) is 18.6 Å². The molecular formula is C19H25NO. The summed E-state index contributed by atoms with van der Waals surface area (Å²) in [5, 5.41) is 3.44. The third-order valence-corrected chi connectivity index (χ3v) is 4.00. The third kappa shape index (κ3) is 4.33. The van der Waals surface area contributed by atoms with Crippen LogP contribution in [0.2, 0.25) is 0 Å². The molecule has 1 atom stereocenters. The lowest BCUT2D eigenvalue weighted by Gasteiger charge is -2.19. The monoisotopic (exact) mass is 283 g/mol. The van der Waals surface area contributed by atoms with Crippen LogP contribution in [0.15, 0.2) is 48.5 Å². The molecule has 0 aliphatic rings. The summed E-state index contributed by atoms with van der Waals surface area (Å²) in [6, 6.07) is 17.4. The SMILES string of the molecule is CNC(CCCc1ccccc1)c1ccc(OC)cc1C. The summed E-state index contributed by atoms with van der Waals surface area (Å²) in [4.78, 5) is 0. The Bertz CT molecular complexity index is 551. The quantitative estimate of drug-likeness (QED) is 0.818. The molecule has 0 saturated carbocycles. The summed E-state index contributed by atoms with van der Waals surface area (Å²) in [6.45, 7) is 2.15. The molecule has 0 aliphatic carbocycles. The molecule has 0 saturated heterocycles. The predicted octanol–water partition coefficient (Wildman–Crippen LogP) is 4.29. The van der Waals surface area contributed by atoms with Gasteiger partial charge in [0.25, 0.3) is 0 Å². The van der Waals surface area contributed by atoms with E-state index < -0.39 is 0 Å². The molecule has 0 fully saturated rings. The fourth-order valence-corrected chi connectivity index (χ4v) is 2.78. The highest BCUT2D eigenvalue weighted by atomic mass is 16.5. The second-order valence-corrected chi connectivity index (χ2v) is 5.44. The first kappa shape index (κ1) is 15.6. The lowest BCUT2D eigenvalue weighted by atomic mass is 9.95. The van der Waals surface area contributed by atoms with Gasteiger partial charge in [0.05, 0.1) is 7.11 Å². The molecule has 0 radical (unpaired) electrons. The molecule has 112 valence electrons. The number of methoxy groups -OCH3 is 1. The van der Waals surface area contributed by atoms with E-state index in [9.17, 15) is 0 Å². The van der Waals surface area contributed by atoms with Gasteiger partial charge < -0.3 is 10.1 Å². The molecule has 0 spiro atoms. The molecule has 2 nitrogen and oxygen atoms in total. The molecule has 0 bridgehead atoms. The van der Waals surface area contributed by atoms with Crippen LogP contribution in [0.5, 0.6) is 5.75 Å². The van der Waals surface area contributed by atoms with Gasteiger partial charge in [-0.3, -0.25) is 0 Å². The van der Waals surface area contributed by atoms with Crippen LogP contribution in [0, 0.1) is 6.92 Å². The van der Waals surface area contributed by atoms with Crippen LogP contribution in [0.3, 0.4) is 0 Å². The first-order chi connectivity index (χ1) is 10.2. The van der Waals surface area contributed by atoms with Gasteiger partial charge in [0.15, 0.2) is 0 Å². The lowest BCUT2D eigenvalue weighted by molar-refractivity contribution is 0.413. The minimum Gasteiger partial charge on any atom is -0.497 e. The van der Waals surface area contributed by atoms with E-state index in [4.69, 9.17) is 4.74 Å². The van der Waals surface area contributed by atoms with Crippen molar-refractivity contribution in [3.63, 3.8) is 0 Å². The van der Waals surface area contributed by atoms with Crippen LogP contribution in [-0.4, -0.2) is 14.2 Å².